The lowest BCUT2D eigenvalue weighted by Gasteiger charge is -2.31. The first kappa shape index (κ1) is 23.7. The summed E-state index contributed by atoms with van der Waals surface area (Å²) in [5, 5.41) is 13.7. The number of amides is 2. The van der Waals surface area contributed by atoms with E-state index in [-0.39, 0.29) is 22.9 Å². The Morgan fingerprint density at radius 3 is 2.14 bits per heavy atom. The molecule has 4 aromatic rings. The molecular formula is C27H19N3O4S2. The van der Waals surface area contributed by atoms with Crippen LogP contribution in [0, 0.1) is 10.1 Å². The lowest BCUT2D eigenvalue weighted by atomic mass is 10.2. The van der Waals surface area contributed by atoms with E-state index >= 15 is 0 Å². The van der Waals surface area contributed by atoms with Gasteiger partial charge in [0.15, 0.2) is 0 Å². The Kier molecular flexibility index (Phi) is 6.75. The number of non-ortho nitro benzene ring substituents is 1. The van der Waals surface area contributed by atoms with Gasteiger partial charge in [-0.15, -0.1) is 11.8 Å². The fourth-order valence-corrected chi connectivity index (χ4v) is 5.59. The number of nitrogens with one attached hydrogen (secondary N) is 1. The summed E-state index contributed by atoms with van der Waals surface area (Å²) in [6.07, 6.45) is 0. The number of fused-ring (bicyclic) bond motifs is 2. The number of rotatable bonds is 6. The van der Waals surface area contributed by atoms with Crippen molar-refractivity contribution >= 4 is 58.1 Å². The van der Waals surface area contributed by atoms with Crippen molar-refractivity contribution in [2.24, 2.45) is 0 Å². The summed E-state index contributed by atoms with van der Waals surface area (Å²) in [5.41, 5.74) is 2.38. The average molecular weight is 514 g/mol. The van der Waals surface area contributed by atoms with Crippen LogP contribution in [0.4, 0.5) is 22.7 Å². The molecule has 0 saturated carbocycles. The van der Waals surface area contributed by atoms with Gasteiger partial charge in [0, 0.05) is 38.1 Å². The van der Waals surface area contributed by atoms with Crippen LogP contribution in [-0.2, 0) is 4.79 Å². The molecule has 0 atom stereocenters. The Bertz CT molecular complexity index is 1430. The Morgan fingerprint density at radius 2 is 1.50 bits per heavy atom. The first-order valence-corrected chi connectivity index (χ1v) is 12.8. The molecule has 1 aliphatic rings. The van der Waals surface area contributed by atoms with Gasteiger partial charge in [-0.2, -0.15) is 0 Å². The predicted octanol–water partition coefficient (Wildman–Crippen LogP) is 6.77. The first-order chi connectivity index (χ1) is 17.5. The number of thioether (sulfide) groups is 1. The summed E-state index contributed by atoms with van der Waals surface area (Å²) in [4.78, 5) is 41.0. The van der Waals surface area contributed by atoms with Crippen LogP contribution < -0.4 is 10.2 Å². The van der Waals surface area contributed by atoms with Crippen molar-refractivity contribution in [3.05, 3.63) is 113 Å². The van der Waals surface area contributed by atoms with Crippen LogP contribution >= 0.6 is 23.5 Å². The molecule has 178 valence electrons. The van der Waals surface area contributed by atoms with E-state index in [9.17, 15) is 19.7 Å². The second kappa shape index (κ2) is 10.3. The van der Waals surface area contributed by atoms with Crippen molar-refractivity contribution < 1.29 is 14.5 Å². The van der Waals surface area contributed by atoms with Gasteiger partial charge in [-0.05, 0) is 54.6 Å². The second-order valence-electron chi connectivity index (χ2n) is 7.84. The Balaban J connectivity index is 1.25. The average Bonchev–Trinajstić information content (AvgIpc) is 2.91. The van der Waals surface area contributed by atoms with Gasteiger partial charge in [0.05, 0.1) is 22.1 Å². The van der Waals surface area contributed by atoms with Gasteiger partial charge in [-0.3, -0.25) is 24.6 Å². The van der Waals surface area contributed by atoms with Gasteiger partial charge in [0.1, 0.15) is 0 Å². The highest BCUT2D eigenvalue weighted by Crippen LogP contribution is 2.48. The van der Waals surface area contributed by atoms with Gasteiger partial charge >= 0.3 is 0 Å². The van der Waals surface area contributed by atoms with Crippen LogP contribution in [0.5, 0.6) is 0 Å². The molecule has 1 aliphatic heterocycles. The number of hydrogen-bond donors (Lipinski definition) is 1. The SMILES string of the molecule is O=C(Nc1ccc(SCC(=O)N2c3ccccc3Sc3ccccc32)cc1)c1cccc([N+](=O)[O-])c1. The molecule has 0 spiro atoms. The van der Waals surface area contributed by atoms with E-state index < -0.39 is 10.8 Å². The van der Waals surface area contributed by atoms with E-state index in [4.69, 9.17) is 0 Å². The molecular weight excluding hydrogens is 494 g/mol. The number of carbonyl (C=O) groups excluding carboxylic acids is 2. The molecule has 4 aromatic carbocycles. The monoisotopic (exact) mass is 513 g/mol. The standard InChI is InChI=1S/C27H19N3O4S2/c31-26(29-22-8-1-3-10-24(22)36-25-11-4-2-9-23(25)29)17-35-21-14-12-19(13-15-21)28-27(32)18-6-5-7-20(16-18)30(33)34/h1-16H,17H2,(H,28,32). The third kappa shape index (κ3) is 4.98. The molecule has 1 heterocycles. The molecule has 0 aliphatic carbocycles. The van der Waals surface area contributed by atoms with Gasteiger partial charge < -0.3 is 5.32 Å². The minimum atomic E-state index is -0.538. The van der Waals surface area contributed by atoms with E-state index in [1.54, 1.807) is 28.8 Å². The Morgan fingerprint density at radius 1 is 0.861 bits per heavy atom. The zero-order valence-electron chi connectivity index (χ0n) is 18.8. The van der Waals surface area contributed by atoms with E-state index in [2.05, 4.69) is 5.32 Å². The number of nitro benzene ring substituents is 1. The van der Waals surface area contributed by atoms with Crippen molar-refractivity contribution in [2.45, 2.75) is 14.7 Å². The summed E-state index contributed by atoms with van der Waals surface area (Å²) in [7, 11) is 0. The molecule has 9 heteroatoms. The molecule has 0 saturated heterocycles. The van der Waals surface area contributed by atoms with Crippen LogP contribution in [0.1, 0.15) is 10.4 Å². The smallest absolute Gasteiger partial charge is 0.270 e. The maximum Gasteiger partial charge on any atom is 0.270 e. The molecule has 0 bridgehead atoms. The third-order valence-corrected chi connectivity index (χ3v) is 7.60. The maximum absolute atomic E-state index is 13.3. The molecule has 36 heavy (non-hydrogen) atoms. The van der Waals surface area contributed by atoms with Crippen LogP contribution in [-0.4, -0.2) is 22.5 Å². The summed E-state index contributed by atoms with van der Waals surface area (Å²) >= 11 is 3.07. The highest BCUT2D eigenvalue weighted by atomic mass is 32.2. The number of nitrogens with zero attached hydrogens (tertiary/aromatic N) is 2. The largest absolute Gasteiger partial charge is 0.322 e. The molecule has 5 rings (SSSR count). The number of benzene rings is 4. The van der Waals surface area contributed by atoms with Crippen LogP contribution in [0.25, 0.3) is 0 Å². The number of anilines is 3. The van der Waals surface area contributed by atoms with Crippen LogP contribution in [0.2, 0.25) is 0 Å². The van der Waals surface area contributed by atoms with E-state index in [0.29, 0.717) is 5.69 Å². The summed E-state index contributed by atoms with van der Waals surface area (Å²) in [5.74, 6) is -0.218. The maximum atomic E-state index is 13.3. The highest BCUT2D eigenvalue weighted by Gasteiger charge is 2.27. The van der Waals surface area contributed by atoms with Gasteiger partial charge in [0.25, 0.3) is 11.6 Å². The Hall–Kier alpha value is -4.08. The van der Waals surface area contributed by atoms with Crippen molar-refractivity contribution in [1.82, 2.24) is 0 Å². The molecule has 0 unspecified atom stereocenters. The zero-order valence-corrected chi connectivity index (χ0v) is 20.4. The summed E-state index contributed by atoms with van der Waals surface area (Å²) in [6, 6.07) is 28.5. The number of nitro groups is 1. The molecule has 7 nitrogen and oxygen atoms in total. The predicted molar refractivity (Wildman–Crippen MR) is 142 cm³/mol. The topological polar surface area (TPSA) is 92.6 Å². The minimum Gasteiger partial charge on any atom is -0.322 e. The fourth-order valence-electron chi connectivity index (χ4n) is 3.78. The van der Waals surface area contributed by atoms with Crippen molar-refractivity contribution in [3.63, 3.8) is 0 Å². The van der Waals surface area contributed by atoms with Crippen molar-refractivity contribution in [3.8, 4) is 0 Å². The van der Waals surface area contributed by atoms with Gasteiger partial charge in [-0.1, -0.05) is 42.1 Å². The zero-order chi connectivity index (χ0) is 25.1. The molecule has 1 N–H and O–H groups in total. The number of para-hydroxylation sites is 2. The van der Waals surface area contributed by atoms with Crippen LogP contribution in [0.15, 0.2) is 112 Å². The molecule has 2 amide bonds. The summed E-state index contributed by atoms with van der Waals surface area (Å²) < 4.78 is 0. The second-order valence-corrected chi connectivity index (χ2v) is 9.97. The fraction of sp³-hybridized carbons (Fsp3) is 0.0370. The number of hydrogen-bond acceptors (Lipinski definition) is 6. The lowest BCUT2D eigenvalue weighted by Crippen LogP contribution is -2.29. The van der Waals surface area contributed by atoms with Gasteiger partial charge in [-0.25, -0.2) is 0 Å². The summed E-state index contributed by atoms with van der Waals surface area (Å²) in [6.45, 7) is 0. The molecule has 0 fully saturated rings. The van der Waals surface area contributed by atoms with E-state index in [1.807, 2.05) is 60.7 Å². The van der Waals surface area contributed by atoms with Gasteiger partial charge in [0.2, 0.25) is 5.91 Å². The molecule has 0 radical (unpaired) electrons. The normalized spacial score (nSPS) is 11.8. The molecule has 0 aromatic heterocycles. The highest BCUT2D eigenvalue weighted by molar-refractivity contribution is 8.00. The van der Waals surface area contributed by atoms with Crippen molar-refractivity contribution in [1.29, 1.82) is 0 Å². The van der Waals surface area contributed by atoms with Crippen molar-refractivity contribution in [2.75, 3.05) is 16.0 Å². The lowest BCUT2D eigenvalue weighted by molar-refractivity contribution is -0.384. The van der Waals surface area contributed by atoms with E-state index in [1.165, 1.54) is 36.0 Å². The quantitative estimate of drug-likeness (QED) is 0.174. The third-order valence-electron chi connectivity index (χ3n) is 5.48. The first-order valence-electron chi connectivity index (χ1n) is 11.0. The van der Waals surface area contributed by atoms with Crippen LogP contribution in [0.3, 0.4) is 0 Å². The minimum absolute atomic E-state index is 0.0248. The Labute approximate surface area is 215 Å². The van der Waals surface area contributed by atoms with E-state index in [0.717, 1.165) is 26.1 Å². The number of carbonyl (C=O) groups is 2.